The van der Waals surface area contributed by atoms with Crippen LogP contribution in [0, 0.1) is 0 Å². The molecule has 0 fully saturated rings. The summed E-state index contributed by atoms with van der Waals surface area (Å²) in [6.45, 7) is 3.41. The van der Waals surface area contributed by atoms with Gasteiger partial charge in [0.2, 0.25) is 15.9 Å². The van der Waals surface area contributed by atoms with Crippen LogP contribution in [0.15, 0.2) is 59.7 Å². The van der Waals surface area contributed by atoms with Crippen LogP contribution >= 0.6 is 0 Å². The number of hydrogen-bond acceptors (Lipinski definition) is 4. The Morgan fingerprint density at radius 1 is 1.15 bits per heavy atom. The van der Waals surface area contributed by atoms with Crippen LogP contribution in [0.3, 0.4) is 0 Å². The molecule has 1 heterocycles. The molecule has 1 aliphatic rings. The lowest BCUT2D eigenvalue weighted by Gasteiger charge is -2.21. The van der Waals surface area contributed by atoms with Gasteiger partial charge in [0.05, 0.1) is 17.5 Å². The second-order valence-corrected chi connectivity index (χ2v) is 8.37. The maximum absolute atomic E-state index is 12.4. The molecule has 0 aromatic heterocycles. The van der Waals surface area contributed by atoms with Gasteiger partial charge >= 0.3 is 0 Å². The number of anilines is 1. The molecule has 1 N–H and O–H groups in total. The molecule has 3 rings (SSSR count). The molecule has 0 bridgehead atoms. The van der Waals surface area contributed by atoms with Crippen LogP contribution in [0.25, 0.3) is 0 Å². The number of amides is 1. The maximum Gasteiger partial charge on any atom is 0.242 e. The van der Waals surface area contributed by atoms with E-state index in [4.69, 9.17) is 0 Å². The Kier molecular flexibility index (Phi) is 5.60. The molecule has 2 aromatic rings. The fourth-order valence-corrected chi connectivity index (χ4v) is 3.66. The monoisotopic (exact) mass is 385 g/mol. The van der Waals surface area contributed by atoms with Gasteiger partial charge in [0.25, 0.3) is 0 Å². The summed E-state index contributed by atoms with van der Waals surface area (Å²) in [5.74, 6) is -0.0331. The average molecular weight is 385 g/mol. The third-order valence-corrected chi connectivity index (χ3v) is 5.81. The topological polar surface area (TPSA) is 78.8 Å². The molecule has 6 nitrogen and oxygen atoms in total. The van der Waals surface area contributed by atoms with Crippen molar-refractivity contribution in [2.45, 2.75) is 32.7 Å². The standard InChI is InChI=1S/C20H23N3O3S/c1-3-20(24)23-19(15-9-6-5-7-10-15)14-18(21-23)16-11-8-12-17(13-16)22-27(25,26)4-2/h5-13,19,22H,3-4,14H2,1-2H3/t19-/m0/s1. The molecule has 0 saturated carbocycles. The first-order valence-corrected chi connectivity index (χ1v) is 10.6. The first-order chi connectivity index (χ1) is 12.9. The Balaban J connectivity index is 1.91. The third-order valence-electron chi connectivity index (χ3n) is 4.50. The van der Waals surface area contributed by atoms with Gasteiger partial charge in [0.15, 0.2) is 0 Å². The molecule has 0 unspecified atom stereocenters. The summed E-state index contributed by atoms with van der Waals surface area (Å²) >= 11 is 0. The van der Waals surface area contributed by atoms with Crippen LogP contribution in [0.4, 0.5) is 5.69 Å². The van der Waals surface area contributed by atoms with Gasteiger partial charge in [-0.05, 0) is 30.2 Å². The Morgan fingerprint density at radius 2 is 1.89 bits per heavy atom. The van der Waals surface area contributed by atoms with Crippen molar-refractivity contribution in [3.8, 4) is 0 Å². The van der Waals surface area contributed by atoms with E-state index in [1.807, 2.05) is 43.3 Å². The number of nitrogens with zero attached hydrogens (tertiary/aromatic N) is 2. The number of hydrazone groups is 1. The van der Waals surface area contributed by atoms with Gasteiger partial charge in [0, 0.05) is 18.5 Å². The van der Waals surface area contributed by atoms with E-state index in [2.05, 4.69) is 9.82 Å². The van der Waals surface area contributed by atoms with Crippen molar-refractivity contribution in [1.82, 2.24) is 5.01 Å². The number of nitrogens with one attached hydrogen (secondary N) is 1. The minimum absolute atomic E-state index is 0.00698. The van der Waals surface area contributed by atoms with Gasteiger partial charge in [-0.15, -0.1) is 0 Å². The molecular weight excluding hydrogens is 362 g/mol. The highest BCUT2D eigenvalue weighted by atomic mass is 32.2. The molecule has 1 amide bonds. The van der Waals surface area contributed by atoms with Crippen molar-refractivity contribution >= 4 is 27.3 Å². The van der Waals surface area contributed by atoms with Gasteiger partial charge in [-0.1, -0.05) is 49.4 Å². The van der Waals surface area contributed by atoms with Crippen LogP contribution in [0.2, 0.25) is 0 Å². The number of hydrogen-bond donors (Lipinski definition) is 1. The predicted octanol–water partition coefficient (Wildman–Crippen LogP) is 3.54. The van der Waals surface area contributed by atoms with Crippen molar-refractivity contribution in [2.75, 3.05) is 10.5 Å². The quantitative estimate of drug-likeness (QED) is 0.826. The zero-order valence-electron chi connectivity index (χ0n) is 15.4. The molecule has 1 atom stereocenters. The smallest absolute Gasteiger partial charge is 0.242 e. The molecule has 1 aliphatic heterocycles. The van der Waals surface area contributed by atoms with Crippen LogP contribution < -0.4 is 4.72 Å². The van der Waals surface area contributed by atoms with Crippen LogP contribution in [-0.4, -0.2) is 30.8 Å². The number of sulfonamides is 1. The van der Waals surface area contributed by atoms with Gasteiger partial charge < -0.3 is 0 Å². The normalized spacial score (nSPS) is 16.9. The highest BCUT2D eigenvalue weighted by Gasteiger charge is 2.32. The zero-order chi connectivity index (χ0) is 19.4. The Morgan fingerprint density at radius 3 is 2.56 bits per heavy atom. The summed E-state index contributed by atoms with van der Waals surface area (Å²) in [5.41, 5.74) is 3.09. The van der Waals surface area contributed by atoms with Crippen LogP contribution in [0.1, 0.15) is 43.9 Å². The fourth-order valence-electron chi connectivity index (χ4n) is 3.03. The lowest BCUT2D eigenvalue weighted by atomic mass is 9.98. The molecular formula is C20H23N3O3S. The summed E-state index contributed by atoms with van der Waals surface area (Å²) in [6.07, 6.45) is 0.955. The molecule has 0 aliphatic carbocycles. The van der Waals surface area contributed by atoms with E-state index in [1.54, 1.807) is 30.1 Å². The predicted molar refractivity (Wildman–Crippen MR) is 107 cm³/mol. The minimum atomic E-state index is -3.35. The summed E-state index contributed by atoms with van der Waals surface area (Å²) in [6, 6.07) is 16.8. The largest absolute Gasteiger partial charge is 0.284 e. The van der Waals surface area contributed by atoms with E-state index in [-0.39, 0.29) is 17.7 Å². The van der Waals surface area contributed by atoms with Crippen LogP contribution in [0.5, 0.6) is 0 Å². The van der Waals surface area contributed by atoms with Gasteiger partial charge in [-0.2, -0.15) is 5.10 Å². The van der Waals surface area contributed by atoms with Crippen molar-refractivity contribution in [2.24, 2.45) is 5.10 Å². The summed E-state index contributed by atoms with van der Waals surface area (Å²) < 4.78 is 26.2. The highest BCUT2D eigenvalue weighted by molar-refractivity contribution is 7.92. The number of carbonyl (C=O) groups is 1. The molecule has 0 saturated heterocycles. The summed E-state index contributed by atoms with van der Waals surface area (Å²) in [4.78, 5) is 12.4. The Hall–Kier alpha value is -2.67. The third kappa shape index (κ3) is 4.36. The number of rotatable bonds is 6. The number of carbonyl (C=O) groups excluding carboxylic acids is 1. The van der Waals surface area contributed by atoms with Crippen molar-refractivity contribution in [3.63, 3.8) is 0 Å². The lowest BCUT2D eigenvalue weighted by Crippen LogP contribution is -2.26. The highest BCUT2D eigenvalue weighted by Crippen LogP contribution is 2.33. The van der Waals surface area contributed by atoms with E-state index < -0.39 is 10.0 Å². The molecule has 2 aromatic carbocycles. The van der Waals surface area contributed by atoms with Gasteiger partial charge in [0.1, 0.15) is 0 Å². The molecule has 0 radical (unpaired) electrons. The molecule has 0 spiro atoms. The van der Waals surface area contributed by atoms with Crippen molar-refractivity contribution < 1.29 is 13.2 Å². The van der Waals surface area contributed by atoms with Gasteiger partial charge in [-0.3, -0.25) is 9.52 Å². The van der Waals surface area contributed by atoms with E-state index in [1.165, 1.54) is 0 Å². The second-order valence-electron chi connectivity index (χ2n) is 6.36. The fraction of sp³-hybridized carbons (Fsp3) is 0.300. The minimum Gasteiger partial charge on any atom is -0.284 e. The maximum atomic E-state index is 12.4. The van der Waals surface area contributed by atoms with E-state index in [0.717, 1.165) is 16.8 Å². The molecule has 7 heteroatoms. The Labute approximate surface area is 159 Å². The van der Waals surface area contributed by atoms with Crippen molar-refractivity contribution in [1.29, 1.82) is 0 Å². The lowest BCUT2D eigenvalue weighted by molar-refractivity contribution is -0.132. The van der Waals surface area contributed by atoms with Crippen LogP contribution in [-0.2, 0) is 14.8 Å². The SMILES string of the molecule is CCC(=O)N1N=C(c2cccc(NS(=O)(=O)CC)c2)C[C@H]1c1ccccc1. The van der Waals surface area contributed by atoms with E-state index >= 15 is 0 Å². The average Bonchev–Trinajstić information content (AvgIpc) is 3.13. The number of benzene rings is 2. The first-order valence-electron chi connectivity index (χ1n) is 8.99. The van der Waals surface area contributed by atoms with E-state index in [9.17, 15) is 13.2 Å². The van der Waals surface area contributed by atoms with E-state index in [0.29, 0.717) is 18.5 Å². The second kappa shape index (κ2) is 7.92. The zero-order valence-corrected chi connectivity index (χ0v) is 16.2. The molecule has 27 heavy (non-hydrogen) atoms. The summed E-state index contributed by atoms with van der Waals surface area (Å²) in [7, 11) is -3.35. The summed E-state index contributed by atoms with van der Waals surface area (Å²) in [5, 5.41) is 6.12. The van der Waals surface area contributed by atoms with Crippen molar-refractivity contribution in [3.05, 3.63) is 65.7 Å². The van der Waals surface area contributed by atoms with Gasteiger partial charge in [-0.25, -0.2) is 13.4 Å². The Bertz CT molecular complexity index is 955. The first kappa shape index (κ1) is 19.1. The molecule has 142 valence electrons.